The van der Waals surface area contributed by atoms with Crippen molar-refractivity contribution >= 4 is 5.78 Å². The van der Waals surface area contributed by atoms with Crippen molar-refractivity contribution in [1.82, 2.24) is 0 Å². The topological polar surface area (TPSA) is 168 Å². The lowest BCUT2D eigenvalue weighted by atomic mass is 9.71. The molecule has 2 aromatic rings. The zero-order chi connectivity index (χ0) is 21.7. The number of ether oxygens (including phenoxy) is 1. The molecule has 1 saturated heterocycles. The van der Waals surface area contributed by atoms with Crippen molar-refractivity contribution in [2.24, 2.45) is 0 Å². The number of benzene rings is 2. The van der Waals surface area contributed by atoms with Crippen LogP contribution in [0.15, 0.2) is 30.3 Å². The van der Waals surface area contributed by atoms with Crippen LogP contribution in [-0.4, -0.2) is 78.7 Å². The molecule has 7 N–H and O–H groups in total. The van der Waals surface area contributed by atoms with Crippen LogP contribution in [0.2, 0.25) is 0 Å². The molecular formula is C21H22O9. The monoisotopic (exact) mass is 418 g/mol. The third kappa shape index (κ3) is 2.99. The van der Waals surface area contributed by atoms with Crippen molar-refractivity contribution in [2.75, 3.05) is 6.61 Å². The Hall–Kier alpha value is -2.53. The molecule has 1 aliphatic carbocycles. The van der Waals surface area contributed by atoms with E-state index >= 15 is 0 Å². The van der Waals surface area contributed by atoms with Gasteiger partial charge in [0.15, 0.2) is 0 Å². The zero-order valence-electron chi connectivity index (χ0n) is 15.7. The molecule has 0 aromatic heterocycles. The summed E-state index contributed by atoms with van der Waals surface area (Å²) in [6, 6.07) is 7.06. The summed E-state index contributed by atoms with van der Waals surface area (Å²) >= 11 is 0. The van der Waals surface area contributed by atoms with Gasteiger partial charge < -0.3 is 40.5 Å². The average molecular weight is 418 g/mol. The van der Waals surface area contributed by atoms with E-state index in [1.165, 1.54) is 24.3 Å². The Morgan fingerprint density at radius 2 is 1.57 bits per heavy atom. The summed E-state index contributed by atoms with van der Waals surface area (Å²) in [4.78, 5) is 13.1. The lowest BCUT2D eigenvalue weighted by molar-refractivity contribution is -0.232. The van der Waals surface area contributed by atoms with Crippen LogP contribution >= 0.6 is 0 Å². The van der Waals surface area contributed by atoms with Crippen LogP contribution in [0.4, 0.5) is 0 Å². The maximum Gasteiger partial charge on any atom is 0.201 e. The summed E-state index contributed by atoms with van der Waals surface area (Å²) in [5.74, 6) is -2.34. The van der Waals surface area contributed by atoms with E-state index in [4.69, 9.17) is 4.74 Å². The molecule has 0 radical (unpaired) electrons. The number of aliphatic hydroxyl groups excluding tert-OH is 5. The minimum absolute atomic E-state index is 0.0843. The number of rotatable bonds is 3. The van der Waals surface area contributed by atoms with Gasteiger partial charge in [0.1, 0.15) is 35.9 Å². The van der Waals surface area contributed by atoms with E-state index in [0.717, 1.165) is 0 Å². The predicted octanol–water partition coefficient (Wildman–Crippen LogP) is -0.891. The van der Waals surface area contributed by atoms with Gasteiger partial charge in [-0.25, -0.2) is 0 Å². The Morgan fingerprint density at radius 3 is 2.23 bits per heavy atom. The van der Waals surface area contributed by atoms with Crippen LogP contribution in [0.3, 0.4) is 0 Å². The average Bonchev–Trinajstić information content (AvgIpc) is 2.73. The van der Waals surface area contributed by atoms with Crippen molar-refractivity contribution in [3.05, 3.63) is 58.1 Å². The molecule has 30 heavy (non-hydrogen) atoms. The molecule has 0 spiro atoms. The molecule has 1 heterocycles. The van der Waals surface area contributed by atoms with Gasteiger partial charge in [0.05, 0.1) is 30.4 Å². The Bertz CT molecular complexity index is 987. The molecule has 0 bridgehead atoms. The number of hydrogen-bond acceptors (Lipinski definition) is 9. The fourth-order valence-electron chi connectivity index (χ4n) is 4.41. The molecular weight excluding hydrogens is 396 g/mol. The molecule has 2 aromatic carbocycles. The molecule has 1 aliphatic heterocycles. The molecule has 0 amide bonds. The Labute approximate surface area is 171 Å². The number of fused-ring (bicyclic) bond motifs is 2. The molecule has 0 unspecified atom stereocenters. The molecule has 9 heteroatoms. The van der Waals surface area contributed by atoms with Crippen LogP contribution < -0.4 is 0 Å². The first-order chi connectivity index (χ1) is 14.3. The molecule has 160 valence electrons. The lowest BCUT2D eigenvalue weighted by Gasteiger charge is -2.45. The van der Waals surface area contributed by atoms with Crippen LogP contribution in [0, 0.1) is 0 Å². The fourth-order valence-corrected chi connectivity index (χ4v) is 4.41. The molecule has 1 fully saturated rings. The van der Waals surface area contributed by atoms with E-state index in [1.807, 2.05) is 0 Å². The minimum Gasteiger partial charge on any atom is -0.507 e. The highest BCUT2D eigenvalue weighted by atomic mass is 16.5. The number of hydrogen-bond donors (Lipinski definition) is 7. The maximum atomic E-state index is 13.1. The minimum atomic E-state index is -1.64. The largest absolute Gasteiger partial charge is 0.507 e. The highest BCUT2D eigenvalue weighted by molar-refractivity contribution is 6.16. The van der Waals surface area contributed by atoms with Gasteiger partial charge in [-0.05, 0) is 28.8 Å². The third-order valence-electron chi connectivity index (χ3n) is 5.85. The molecule has 0 saturated carbocycles. The van der Waals surface area contributed by atoms with E-state index in [0.29, 0.717) is 5.56 Å². The number of carbonyl (C=O) groups excluding carboxylic acids is 1. The van der Waals surface area contributed by atoms with Gasteiger partial charge >= 0.3 is 0 Å². The number of aromatic hydroxyl groups is 2. The van der Waals surface area contributed by atoms with Gasteiger partial charge in [0, 0.05) is 5.92 Å². The molecule has 2 aliphatic rings. The normalized spacial score (nSPS) is 30.6. The van der Waals surface area contributed by atoms with Gasteiger partial charge in [-0.2, -0.15) is 0 Å². The Morgan fingerprint density at radius 1 is 0.867 bits per heavy atom. The van der Waals surface area contributed by atoms with E-state index in [2.05, 4.69) is 0 Å². The van der Waals surface area contributed by atoms with Gasteiger partial charge in [-0.1, -0.05) is 18.2 Å². The standard InChI is InChI=1S/C21H22O9/c22-6-8-4-10-14(21-20(29)19(28)17(26)13(7-23)30-21)9-2-1-3-11(24)15(9)18(27)16(10)12(25)5-8/h1-5,13-14,17,19-26,28-29H,6-7H2/t13-,14-,17-,19+,20-,21-/m1/s1. The van der Waals surface area contributed by atoms with Gasteiger partial charge in [0.25, 0.3) is 0 Å². The van der Waals surface area contributed by atoms with Crippen LogP contribution in [0.5, 0.6) is 11.5 Å². The van der Waals surface area contributed by atoms with Crippen LogP contribution in [0.1, 0.15) is 38.5 Å². The number of ketones is 1. The molecule has 4 rings (SSSR count). The summed E-state index contributed by atoms with van der Waals surface area (Å²) in [6.45, 7) is -1.06. The second-order valence-corrected chi connectivity index (χ2v) is 7.58. The van der Waals surface area contributed by atoms with E-state index in [-0.39, 0.29) is 28.0 Å². The second-order valence-electron chi connectivity index (χ2n) is 7.58. The van der Waals surface area contributed by atoms with Crippen molar-refractivity contribution in [3.63, 3.8) is 0 Å². The fraction of sp³-hybridized carbons (Fsp3) is 0.381. The van der Waals surface area contributed by atoms with Gasteiger partial charge in [0.2, 0.25) is 5.78 Å². The van der Waals surface area contributed by atoms with Gasteiger partial charge in [-0.15, -0.1) is 0 Å². The number of aliphatic hydroxyl groups is 5. The zero-order valence-corrected chi connectivity index (χ0v) is 15.7. The van der Waals surface area contributed by atoms with E-state index < -0.39 is 61.2 Å². The third-order valence-corrected chi connectivity index (χ3v) is 5.85. The first kappa shape index (κ1) is 20.7. The number of phenolic OH excluding ortho intramolecular Hbond substituents is 2. The van der Waals surface area contributed by atoms with Crippen molar-refractivity contribution in [1.29, 1.82) is 0 Å². The lowest BCUT2D eigenvalue weighted by Crippen LogP contribution is -2.60. The van der Waals surface area contributed by atoms with Crippen molar-refractivity contribution in [3.8, 4) is 11.5 Å². The quantitative estimate of drug-likeness (QED) is 0.334. The Balaban J connectivity index is 1.96. The molecule has 6 atom stereocenters. The van der Waals surface area contributed by atoms with Crippen LogP contribution in [-0.2, 0) is 11.3 Å². The maximum absolute atomic E-state index is 13.1. The first-order valence-electron chi connectivity index (χ1n) is 9.43. The molecule has 9 nitrogen and oxygen atoms in total. The summed E-state index contributed by atoms with van der Waals surface area (Å²) in [5.41, 5.74) is 0.609. The SMILES string of the molecule is O=C1c2c(O)cccc2[C@@H]([C@H]2O[C@H](CO)[C@@H](O)[C@H](O)[C@H]2O)c2cc(CO)cc(O)c21. The summed E-state index contributed by atoms with van der Waals surface area (Å²) in [6.07, 6.45) is -7.22. The second kappa shape index (κ2) is 7.62. The highest BCUT2D eigenvalue weighted by Crippen LogP contribution is 2.47. The summed E-state index contributed by atoms with van der Waals surface area (Å²) in [5, 5.41) is 71.0. The van der Waals surface area contributed by atoms with Crippen molar-refractivity contribution in [2.45, 2.75) is 43.0 Å². The number of carbonyl (C=O) groups is 1. The summed E-state index contributed by atoms with van der Waals surface area (Å²) < 4.78 is 5.73. The Kier molecular flexibility index (Phi) is 5.27. The number of phenols is 2. The van der Waals surface area contributed by atoms with Crippen LogP contribution in [0.25, 0.3) is 0 Å². The highest BCUT2D eigenvalue weighted by Gasteiger charge is 2.50. The van der Waals surface area contributed by atoms with Crippen molar-refractivity contribution < 1.29 is 45.3 Å². The predicted molar refractivity (Wildman–Crippen MR) is 101 cm³/mol. The van der Waals surface area contributed by atoms with Gasteiger partial charge in [-0.3, -0.25) is 4.79 Å². The smallest absolute Gasteiger partial charge is 0.201 e. The first-order valence-corrected chi connectivity index (χ1v) is 9.43. The summed E-state index contributed by atoms with van der Waals surface area (Å²) in [7, 11) is 0. The van der Waals surface area contributed by atoms with E-state index in [9.17, 15) is 40.5 Å². The van der Waals surface area contributed by atoms with E-state index in [1.54, 1.807) is 6.07 Å².